The number of rotatable bonds is 5. The van der Waals surface area contributed by atoms with Gasteiger partial charge in [-0.2, -0.15) is 5.10 Å². The Morgan fingerprint density at radius 3 is 3.00 bits per heavy atom. The zero-order chi connectivity index (χ0) is 17.2. The average Bonchev–Trinajstić information content (AvgIpc) is 3.34. The van der Waals surface area contributed by atoms with E-state index in [0.29, 0.717) is 24.5 Å². The fourth-order valence-electron chi connectivity index (χ4n) is 2.72. The molecule has 1 amide bonds. The van der Waals surface area contributed by atoms with Crippen molar-refractivity contribution in [3.8, 4) is 0 Å². The average molecular weight is 335 g/mol. The normalized spacial score (nSPS) is 11.1. The Bertz CT molecular complexity index is 1030. The van der Waals surface area contributed by atoms with E-state index < -0.39 is 0 Å². The molecule has 7 heteroatoms. The van der Waals surface area contributed by atoms with Crippen LogP contribution in [-0.2, 0) is 13.1 Å². The third-order valence-corrected chi connectivity index (χ3v) is 3.95. The number of aryl methyl sites for hydroxylation is 1. The Balaban J connectivity index is 1.43. The van der Waals surface area contributed by atoms with E-state index in [4.69, 9.17) is 4.42 Å². The fourth-order valence-corrected chi connectivity index (χ4v) is 2.72. The van der Waals surface area contributed by atoms with E-state index in [9.17, 15) is 4.79 Å². The lowest BCUT2D eigenvalue weighted by Gasteiger charge is -2.01. The van der Waals surface area contributed by atoms with Gasteiger partial charge in [0.25, 0.3) is 5.91 Å². The number of para-hydroxylation sites is 2. The molecule has 0 aliphatic rings. The van der Waals surface area contributed by atoms with E-state index in [2.05, 4.69) is 20.5 Å². The molecule has 3 heterocycles. The van der Waals surface area contributed by atoms with Crippen molar-refractivity contribution >= 4 is 16.9 Å². The smallest absolute Gasteiger partial charge is 0.272 e. The molecule has 4 rings (SSSR count). The number of hydrogen-bond acceptors (Lipinski definition) is 4. The predicted molar refractivity (Wildman–Crippen MR) is 92.0 cm³/mol. The molecule has 2 N–H and O–H groups in total. The molecule has 3 aromatic heterocycles. The van der Waals surface area contributed by atoms with Crippen molar-refractivity contribution in [3.05, 3.63) is 71.7 Å². The van der Waals surface area contributed by atoms with Gasteiger partial charge in [-0.3, -0.25) is 9.89 Å². The number of hydrogen-bond donors (Lipinski definition) is 2. The SMILES string of the molecule is Cc1ccc(CNC(=O)c2cc(Cn3cnc4ccccc43)[nH]n2)o1. The van der Waals surface area contributed by atoms with Crippen LogP contribution in [0, 0.1) is 6.92 Å². The number of imidazole rings is 1. The summed E-state index contributed by atoms with van der Waals surface area (Å²) in [5.74, 6) is 1.29. The molecule has 126 valence electrons. The number of benzene rings is 1. The lowest BCUT2D eigenvalue weighted by molar-refractivity contribution is 0.0943. The van der Waals surface area contributed by atoms with Crippen molar-refractivity contribution in [2.75, 3.05) is 0 Å². The van der Waals surface area contributed by atoms with E-state index in [1.165, 1.54) is 0 Å². The summed E-state index contributed by atoms with van der Waals surface area (Å²) in [4.78, 5) is 16.6. The summed E-state index contributed by atoms with van der Waals surface area (Å²) in [7, 11) is 0. The fraction of sp³-hybridized carbons (Fsp3) is 0.167. The van der Waals surface area contributed by atoms with Crippen LogP contribution in [0.15, 0.2) is 53.2 Å². The van der Waals surface area contributed by atoms with E-state index >= 15 is 0 Å². The van der Waals surface area contributed by atoms with Crippen LogP contribution in [0.2, 0.25) is 0 Å². The Morgan fingerprint density at radius 1 is 1.28 bits per heavy atom. The van der Waals surface area contributed by atoms with Crippen molar-refractivity contribution in [1.29, 1.82) is 0 Å². The topological polar surface area (TPSA) is 88.7 Å². The quantitative estimate of drug-likeness (QED) is 0.587. The van der Waals surface area contributed by atoms with Gasteiger partial charge in [0, 0.05) is 0 Å². The molecular weight excluding hydrogens is 318 g/mol. The molecule has 0 atom stereocenters. The van der Waals surface area contributed by atoms with Gasteiger partial charge in [0.1, 0.15) is 17.2 Å². The number of nitrogens with zero attached hydrogens (tertiary/aromatic N) is 3. The maximum absolute atomic E-state index is 12.2. The minimum Gasteiger partial charge on any atom is -0.465 e. The summed E-state index contributed by atoms with van der Waals surface area (Å²) in [6.07, 6.45) is 1.78. The molecule has 0 saturated carbocycles. The summed E-state index contributed by atoms with van der Waals surface area (Å²) in [5, 5.41) is 9.80. The van der Waals surface area contributed by atoms with Gasteiger partial charge in [0.2, 0.25) is 0 Å². The van der Waals surface area contributed by atoms with Crippen LogP contribution in [0.1, 0.15) is 27.7 Å². The molecule has 25 heavy (non-hydrogen) atoms. The summed E-state index contributed by atoms with van der Waals surface area (Å²) in [6, 6.07) is 13.4. The highest BCUT2D eigenvalue weighted by Gasteiger charge is 2.12. The zero-order valence-corrected chi connectivity index (χ0v) is 13.7. The first-order chi connectivity index (χ1) is 12.2. The maximum Gasteiger partial charge on any atom is 0.272 e. The van der Waals surface area contributed by atoms with Crippen molar-refractivity contribution in [3.63, 3.8) is 0 Å². The Hall–Kier alpha value is -3.35. The number of H-pyrrole nitrogens is 1. The van der Waals surface area contributed by atoms with Gasteiger partial charge in [-0.1, -0.05) is 12.1 Å². The first-order valence-electron chi connectivity index (χ1n) is 7.97. The van der Waals surface area contributed by atoms with Crippen LogP contribution in [0.25, 0.3) is 11.0 Å². The Labute approximate surface area is 143 Å². The number of nitrogens with one attached hydrogen (secondary N) is 2. The van der Waals surface area contributed by atoms with Crippen molar-refractivity contribution in [2.45, 2.75) is 20.0 Å². The number of carbonyl (C=O) groups excluding carboxylic acids is 1. The third-order valence-electron chi connectivity index (χ3n) is 3.95. The van der Waals surface area contributed by atoms with Crippen LogP contribution in [0.5, 0.6) is 0 Å². The number of furan rings is 1. The first-order valence-corrected chi connectivity index (χ1v) is 7.97. The highest BCUT2D eigenvalue weighted by atomic mass is 16.3. The largest absolute Gasteiger partial charge is 0.465 e. The van der Waals surface area contributed by atoms with Gasteiger partial charge in [-0.05, 0) is 37.3 Å². The molecule has 1 aromatic carbocycles. The summed E-state index contributed by atoms with van der Waals surface area (Å²) < 4.78 is 7.44. The second-order valence-electron chi connectivity index (χ2n) is 5.83. The standard InChI is InChI=1S/C18H17N5O2/c1-12-6-7-14(25-12)9-19-18(24)16-8-13(21-22-16)10-23-11-20-15-4-2-3-5-17(15)23/h2-8,11H,9-10H2,1H3,(H,19,24)(H,21,22). The Morgan fingerprint density at radius 2 is 2.16 bits per heavy atom. The van der Waals surface area contributed by atoms with Gasteiger partial charge in [-0.25, -0.2) is 4.98 Å². The molecule has 4 aromatic rings. The maximum atomic E-state index is 12.2. The molecule has 0 aliphatic heterocycles. The van der Waals surface area contributed by atoms with Crippen LogP contribution >= 0.6 is 0 Å². The van der Waals surface area contributed by atoms with Crippen LogP contribution in [-0.4, -0.2) is 25.7 Å². The Kier molecular flexibility index (Phi) is 3.81. The third kappa shape index (κ3) is 3.16. The van der Waals surface area contributed by atoms with E-state index in [0.717, 1.165) is 22.5 Å². The highest BCUT2D eigenvalue weighted by Crippen LogP contribution is 2.13. The number of carbonyl (C=O) groups is 1. The van der Waals surface area contributed by atoms with Crippen molar-refractivity contribution in [2.24, 2.45) is 0 Å². The zero-order valence-electron chi connectivity index (χ0n) is 13.7. The predicted octanol–water partition coefficient (Wildman–Crippen LogP) is 2.64. The number of amides is 1. The summed E-state index contributed by atoms with van der Waals surface area (Å²) in [6.45, 7) is 2.77. The summed E-state index contributed by atoms with van der Waals surface area (Å²) in [5.41, 5.74) is 3.16. The minimum atomic E-state index is -0.243. The lowest BCUT2D eigenvalue weighted by Crippen LogP contribution is -2.22. The van der Waals surface area contributed by atoms with Crippen molar-refractivity contribution in [1.82, 2.24) is 25.1 Å². The first kappa shape index (κ1) is 15.2. The molecular formula is C18H17N5O2. The second-order valence-corrected chi connectivity index (χ2v) is 5.83. The van der Waals surface area contributed by atoms with Gasteiger partial charge >= 0.3 is 0 Å². The molecule has 7 nitrogen and oxygen atoms in total. The highest BCUT2D eigenvalue weighted by molar-refractivity contribution is 5.92. The molecule has 0 spiro atoms. The molecule has 0 bridgehead atoms. The minimum absolute atomic E-state index is 0.243. The molecule has 0 unspecified atom stereocenters. The van der Waals surface area contributed by atoms with Gasteiger partial charge in [-0.15, -0.1) is 0 Å². The van der Waals surface area contributed by atoms with Crippen LogP contribution in [0.4, 0.5) is 0 Å². The number of aromatic nitrogens is 4. The molecule has 0 radical (unpaired) electrons. The molecule has 0 saturated heterocycles. The summed E-state index contributed by atoms with van der Waals surface area (Å²) >= 11 is 0. The number of aromatic amines is 1. The van der Waals surface area contributed by atoms with Crippen LogP contribution < -0.4 is 5.32 Å². The second kappa shape index (κ2) is 6.27. The van der Waals surface area contributed by atoms with Crippen molar-refractivity contribution < 1.29 is 9.21 Å². The van der Waals surface area contributed by atoms with Crippen LogP contribution in [0.3, 0.4) is 0 Å². The van der Waals surface area contributed by atoms with Gasteiger partial charge < -0.3 is 14.3 Å². The van der Waals surface area contributed by atoms with E-state index in [1.807, 2.05) is 47.9 Å². The number of fused-ring (bicyclic) bond motifs is 1. The molecule has 0 aliphatic carbocycles. The molecule has 0 fully saturated rings. The monoisotopic (exact) mass is 335 g/mol. The van der Waals surface area contributed by atoms with E-state index in [-0.39, 0.29) is 5.91 Å². The van der Waals surface area contributed by atoms with Gasteiger partial charge in [0.15, 0.2) is 0 Å². The van der Waals surface area contributed by atoms with Gasteiger partial charge in [0.05, 0.1) is 36.1 Å². The van der Waals surface area contributed by atoms with E-state index in [1.54, 1.807) is 12.4 Å². The lowest BCUT2D eigenvalue weighted by atomic mass is 10.3.